The van der Waals surface area contributed by atoms with E-state index in [1.807, 2.05) is 30.3 Å². The molecule has 0 aliphatic carbocycles. The fourth-order valence-corrected chi connectivity index (χ4v) is 3.72. The van der Waals surface area contributed by atoms with Gasteiger partial charge < -0.3 is 4.74 Å². The van der Waals surface area contributed by atoms with Crippen molar-refractivity contribution in [1.29, 1.82) is 0 Å². The molecule has 1 aromatic heterocycles. The summed E-state index contributed by atoms with van der Waals surface area (Å²) in [5.41, 5.74) is 2.33. The lowest BCUT2D eigenvalue weighted by atomic mass is 10.2. The van der Waals surface area contributed by atoms with Crippen molar-refractivity contribution in [2.75, 3.05) is 7.11 Å². The Labute approximate surface area is 147 Å². The lowest BCUT2D eigenvalue weighted by Crippen LogP contribution is -2.23. The Kier molecular flexibility index (Phi) is 4.87. The van der Waals surface area contributed by atoms with Crippen LogP contribution in [0.5, 0.6) is 5.75 Å². The Hall–Kier alpha value is -2.64. The number of nitrogens with zero attached hydrogens (tertiary/aromatic N) is 2. The van der Waals surface area contributed by atoms with Gasteiger partial charge in [0.1, 0.15) is 5.75 Å². The Morgan fingerprint density at radius 1 is 1.16 bits per heavy atom. The molecule has 130 valence electrons. The Bertz CT molecular complexity index is 966. The fraction of sp³-hybridized carbons (Fsp3) is 0.167. The van der Waals surface area contributed by atoms with E-state index < -0.39 is 10.0 Å². The number of rotatable bonds is 6. The van der Waals surface area contributed by atoms with Crippen LogP contribution < -0.4 is 9.46 Å². The molecule has 0 saturated carbocycles. The molecule has 2 aromatic carbocycles. The molecule has 0 bridgehead atoms. The topological polar surface area (TPSA) is 73.2 Å². The summed E-state index contributed by atoms with van der Waals surface area (Å²) >= 11 is 0. The van der Waals surface area contributed by atoms with Crippen LogP contribution in [0.4, 0.5) is 0 Å². The van der Waals surface area contributed by atoms with Crippen molar-refractivity contribution in [2.45, 2.75) is 18.4 Å². The van der Waals surface area contributed by atoms with Gasteiger partial charge in [0.2, 0.25) is 10.0 Å². The minimum Gasteiger partial charge on any atom is -0.497 e. The van der Waals surface area contributed by atoms with E-state index >= 15 is 0 Å². The largest absolute Gasteiger partial charge is 0.497 e. The van der Waals surface area contributed by atoms with Crippen LogP contribution in [-0.4, -0.2) is 25.3 Å². The van der Waals surface area contributed by atoms with Gasteiger partial charge in [-0.15, -0.1) is 0 Å². The normalized spacial score (nSPS) is 11.4. The van der Waals surface area contributed by atoms with E-state index in [-0.39, 0.29) is 11.4 Å². The molecule has 0 spiro atoms. The second-order valence-electron chi connectivity index (χ2n) is 5.58. The van der Waals surface area contributed by atoms with Gasteiger partial charge in [0.05, 0.1) is 23.9 Å². The minimum atomic E-state index is -3.61. The molecule has 1 N–H and O–H groups in total. The number of ether oxygens (including phenoxy) is 1. The Morgan fingerprint density at radius 2 is 1.92 bits per heavy atom. The number of methoxy groups -OCH3 is 1. The monoisotopic (exact) mass is 357 g/mol. The first-order chi connectivity index (χ1) is 12.0. The van der Waals surface area contributed by atoms with Gasteiger partial charge in [-0.2, -0.15) is 5.10 Å². The Morgan fingerprint density at radius 3 is 2.60 bits per heavy atom. The second-order valence-corrected chi connectivity index (χ2v) is 7.32. The summed E-state index contributed by atoms with van der Waals surface area (Å²) in [5.74, 6) is 0.626. The van der Waals surface area contributed by atoms with Crippen LogP contribution in [0.15, 0.2) is 65.8 Å². The predicted molar refractivity (Wildman–Crippen MR) is 95.3 cm³/mol. The van der Waals surface area contributed by atoms with E-state index in [0.717, 1.165) is 11.3 Å². The smallest absolute Gasteiger partial charge is 0.241 e. The summed E-state index contributed by atoms with van der Waals surface area (Å²) in [4.78, 5) is 0.240. The van der Waals surface area contributed by atoms with Crippen LogP contribution in [-0.2, 0) is 16.6 Å². The van der Waals surface area contributed by atoms with E-state index in [1.54, 1.807) is 49.3 Å². The van der Waals surface area contributed by atoms with Crippen molar-refractivity contribution in [1.82, 2.24) is 14.5 Å². The van der Waals surface area contributed by atoms with Crippen molar-refractivity contribution in [3.8, 4) is 11.4 Å². The number of hydrogen-bond donors (Lipinski definition) is 1. The van der Waals surface area contributed by atoms with Gasteiger partial charge in [0.15, 0.2) is 0 Å². The summed E-state index contributed by atoms with van der Waals surface area (Å²) < 4.78 is 34.5. The number of aromatic nitrogens is 2. The zero-order valence-electron chi connectivity index (χ0n) is 14.0. The summed E-state index contributed by atoms with van der Waals surface area (Å²) in [6, 6.07) is 14.5. The summed E-state index contributed by atoms with van der Waals surface area (Å²) in [6.07, 6.45) is 3.45. The molecule has 0 saturated heterocycles. The summed E-state index contributed by atoms with van der Waals surface area (Å²) in [7, 11) is -2.06. The van der Waals surface area contributed by atoms with Gasteiger partial charge in [-0.1, -0.05) is 18.2 Å². The van der Waals surface area contributed by atoms with Crippen LogP contribution in [0.2, 0.25) is 0 Å². The van der Waals surface area contributed by atoms with Crippen LogP contribution in [0, 0.1) is 6.92 Å². The van der Waals surface area contributed by atoms with Gasteiger partial charge in [-0.3, -0.25) is 0 Å². The average Bonchev–Trinajstić information content (AvgIpc) is 3.09. The first kappa shape index (κ1) is 17.2. The number of aryl methyl sites for hydroxylation is 1. The summed E-state index contributed by atoms with van der Waals surface area (Å²) in [5, 5.41) is 4.27. The standard InChI is InChI=1S/C18H19N3O3S/c1-14-10-17(24-2)8-9-18(14)25(22,23)20-12-15-11-19-21(13-15)16-6-4-3-5-7-16/h3-11,13,20H,12H2,1-2H3. The van der Waals surface area contributed by atoms with Crippen molar-refractivity contribution in [3.05, 3.63) is 72.1 Å². The summed E-state index contributed by atoms with van der Waals surface area (Å²) in [6.45, 7) is 1.91. The molecular weight excluding hydrogens is 338 g/mol. The lowest BCUT2D eigenvalue weighted by molar-refractivity contribution is 0.414. The maximum Gasteiger partial charge on any atom is 0.241 e. The number of sulfonamides is 1. The third-order valence-electron chi connectivity index (χ3n) is 3.79. The molecule has 0 aliphatic rings. The molecule has 0 amide bonds. The fourth-order valence-electron chi connectivity index (χ4n) is 2.48. The quantitative estimate of drug-likeness (QED) is 0.736. The van der Waals surface area contributed by atoms with E-state index in [4.69, 9.17) is 4.74 Å². The van der Waals surface area contributed by atoms with Crippen molar-refractivity contribution < 1.29 is 13.2 Å². The van der Waals surface area contributed by atoms with Crippen molar-refractivity contribution in [3.63, 3.8) is 0 Å². The molecule has 0 aliphatic heterocycles. The van der Waals surface area contributed by atoms with Gasteiger partial charge in [-0.05, 0) is 42.8 Å². The SMILES string of the molecule is COc1ccc(S(=O)(=O)NCc2cnn(-c3ccccc3)c2)c(C)c1. The first-order valence-electron chi connectivity index (χ1n) is 7.73. The minimum absolute atomic E-state index is 0.167. The number of hydrogen-bond acceptors (Lipinski definition) is 4. The highest BCUT2D eigenvalue weighted by Crippen LogP contribution is 2.21. The molecular formula is C18H19N3O3S. The van der Waals surface area contributed by atoms with E-state index in [0.29, 0.717) is 11.3 Å². The first-order valence-corrected chi connectivity index (χ1v) is 9.21. The number of nitrogens with one attached hydrogen (secondary N) is 1. The van der Waals surface area contributed by atoms with E-state index in [1.165, 1.54) is 0 Å². The molecule has 0 unspecified atom stereocenters. The molecule has 0 atom stereocenters. The van der Waals surface area contributed by atoms with E-state index in [9.17, 15) is 8.42 Å². The number of benzene rings is 2. The highest BCUT2D eigenvalue weighted by Gasteiger charge is 2.17. The molecule has 0 radical (unpaired) electrons. The molecule has 25 heavy (non-hydrogen) atoms. The van der Waals surface area contributed by atoms with Crippen molar-refractivity contribution >= 4 is 10.0 Å². The number of para-hydroxylation sites is 1. The van der Waals surface area contributed by atoms with Gasteiger partial charge in [0, 0.05) is 18.3 Å². The second kappa shape index (κ2) is 7.08. The molecule has 1 heterocycles. The third-order valence-corrected chi connectivity index (χ3v) is 5.36. The van der Waals surface area contributed by atoms with E-state index in [2.05, 4.69) is 9.82 Å². The molecule has 0 fully saturated rings. The van der Waals surface area contributed by atoms with Crippen LogP contribution >= 0.6 is 0 Å². The maximum atomic E-state index is 12.5. The zero-order valence-corrected chi connectivity index (χ0v) is 14.8. The predicted octanol–water partition coefficient (Wildman–Crippen LogP) is 2.67. The molecule has 6 nitrogen and oxygen atoms in total. The van der Waals surface area contributed by atoms with Crippen molar-refractivity contribution in [2.24, 2.45) is 0 Å². The van der Waals surface area contributed by atoms with Gasteiger partial charge >= 0.3 is 0 Å². The van der Waals surface area contributed by atoms with Crippen LogP contribution in [0.25, 0.3) is 5.69 Å². The van der Waals surface area contributed by atoms with Gasteiger partial charge in [-0.25, -0.2) is 17.8 Å². The Balaban J connectivity index is 1.74. The zero-order chi connectivity index (χ0) is 17.9. The molecule has 3 rings (SSSR count). The molecule has 7 heteroatoms. The van der Waals surface area contributed by atoms with Crippen LogP contribution in [0.1, 0.15) is 11.1 Å². The highest BCUT2D eigenvalue weighted by molar-refractivity contribution is 7.89. The average molecular weight is 357 g/mol. The lowest BCUT2D eigenvalue weighted by Gasteiger charge is -2.10. The van der Waals surface area contributed by atoms with Crippen LogP contribution in [0.3, 0.4) is 0 Å². The maximum absolute atomic E-state index is 12.5. The third kappa shape index (κ3) is 3.89. The van der Waals surface area contributed by atoms with Gasteiger partial charge in [0.25, 0.3) is 0 Å². The highest BCUT2D eigenvalue weighted by atomic mass is 32.2. The molecule has 3 aromatic rings.